The van der Waals surface area contributed by atoms with Gasteiger partial charge in [0.2, 0.25) is 0 Å². The summed E-state index contributed by atoms with van der Waals surface area (Å²) in [6, 6.07) is 0. The quantitative estimate of drug-likeness (QED) is 0.573. The number of thiol groups is 1. The molecule has 2 unspecified atom stereocenters. The van der Waals surface area contributed by atoms with Crippen molar-refractivity contribution in [3.63, 3.8) is 0 Å². The molecule has 1 saturated heterocycles. The van der Waals surface area contributed by atoms with E-state index < -0.39 is 9.53 Å². The molecule has 3 nitrogen and oxygen atoms in total. The molecule has 5 heteroatoms. The Bertz CT molecular complexity index is 141. The summed E-state index contributed by atoms with van der Waals surface area (Å²) in [7, 11) is -1.80. The first-order valence-electron chi connectivity index (χ1n) is 4.80. The van der Waals surface area contributed by atoms with Crippen molar-refractivity contribution in [1.82, 2.24) is 0 Å². The van der Waals surface area contributed by atoms with E-state index in [2.05, 4.69) is 19.6 Å². The van der Waals surface area contributed by atoms with E-state index in [0.717, 1.165) is 26.1 Å². The third kappa shape index (κ3) is 3.99. The highest BCUT2D eigenvalue weighted by atomic mass is 32.1. The summed E-state index contributed by atoms with van der Waals surface area (Å²) in [6.07, 6.45) is 2.12. The summed E-state index contributed by atoms with van der Waals surface area (Å²) in [5, 5.41) is 0.279. The molecular formula is C8H18O3SSi. The van der Waals surface area contributed by atoms with Crippen molar-refractivity contribution in [3.05, 3.63) is 0 Å². The van der Waals surface area contributed by atoms with E-state index in [1.807, 2.05) is 6.92 Å². The number of rotatable bonds is 4. The van der Waals surface area contributed by atoms with Crippen LogP contribution in [0.3, 0.4) is 0 Å². The molecule has 0 radical (unpaired) electrons. The van der Waals surface area contributed by atoms with Crippen molar-refractivity contribution in [2.45, 2.75) is 38.0 Å². The molecule has 1 rings (SSSR count). The fraction of sp³-hybridized carbons (Fsp3) is 1.00. The second-order valence-electron chi connectivity index (χ2n) is 3.20. The van der Waals surface area contributed by atoms with Crippen LogP contribution in [0.15, 0.2) is 0 Å². The van der Waals surface area contributed by atoms with E-state index in [-0.39, 0.29) is 11.4 Å². The molecule has 1 heterocycles. The molecule has 0 aromatic rings. The van der Waals surface area contributed by atoms with Crippen LogP contribution in [-0.2, 0) is 13.3 Å². The lowest BCUT2D eigenvalue weighted by molar-refractivity contribution is 0.0306. The Morgan fingerprint density at radius 1 is 1.46 bits per heavy atom. The number of hydrogen-bond acceptors (Lipinski definition) is 4. The highest BCUT2D eigenvalue weighted by Gasteiger charge is 2.24. The van der Waals surface area contributed by atoms with Gasteiger partial charge in [0.05, 0.1) is 6.10 Å². The molecular weight excluding hydrogens is 204 g/mol. The Labute approximate surface area is 87.1 Å². The zero-order valence-electron chi connectivity index (χ0n) is 8.23. The lowest BCUT2D eigenvalue weighted by atomic mass is 10.2. The second-order valence-corrected chi connectivity index (χ2v) is 5.38. The fourth-order valence-corrected chi connectivity index (χ4v) is 2.86. The molecule has 13 heavy (non-hydrogen) atoms. The average Bonchev–Trinajstić information content (AvgIpc) is 2.18. The first kappa shape index (κ1) is 11.5. The predicted molar refractivity (Wildman–Crippen MR) is 57.3 cm³/mol. The van der Waals surface area contributed by atoms with Crippen LogP contribution >= 0.6 is 12.6 Å². The molecule has 78 valence electrons. The summed E-state index contributed by atoms with van der Waals surface area (Å²) < 4.78 is 16.5. The van der Waals surface area contributed by atoms with Crippen molar-refractivity contribution in [2.75, 3.05) is 13.2 Å². The van der Waals surface area contributed by atoms with Crippen LogP contribution in [0.25, 0.3) is 0 Å². The molecule has 0 saturated carbocycles. The Morgan fingerprint density at radius 3 is 2.62 bits per heavy atom. The summed E-state index contributed by atoms with van der Waals surface area (Å²) in [4.78, 5) is 0. The van der Waals surface area contributed by atoms with Gasteiger partial charge in [-0.25, -0.2) is 0 Å². The van der Waals surface area contributed by atoms with Crippen LogP contribution in [0, 0.1) is 0 Å². The largest absolute Gasteiger partial charge is 0.484 e. The molecule has 2 atom stereocenters. The second kappa shape index (κ2) is 6.03. The molecule has 0 amide bonds. The minimum absolute atomic E-state index is 0.128. The molecule has 0 bridgehead atoms. The van der Waals surface area contributed by atoms with Crippen LogP contribution < -0.4 is 0 Å². The molecule has 0 aromatic heterocycles. The maximum Gasteiger partial charge on any atom is 0.484 e. The molecule has 0 N–H and O–H groups in total. The Morgan fingerprint density at radius 2 is 2.08 bits per heavy atom. The first-order chi connectivity index (χ1) is 6.24. The average molecular weight is 222 g/mol. The highest BCUT2D eigenvalue weighted by molar-refractivity contribution is 7.81. The van der Waals surface area contributed by atoms with Gasteiger partial charge in [-0.05, 0) is 19.8 Å². The van der Waals surface area contributed by atoms with Gasteiger partial charge in [-0.3, -0.25) is 0 Å². The third-order valence-corrected chi connectivity index (χ3v) is 4.53. The highest BCUT2D eigenvalue weighted by Crippen LogP contribution is 2.13. The van der Waals surface area contributed by atoms with Gasteiger partial charge in [-0.2, -0.15) is 12.6 Å². The number of hydrogen-bond donors (Lipinski definition) is 1. The van der Waals surface area contributed by atoms with Crippen LogP contribution in [0.4, 0.5) is 0 Å². The van der Waals surface area contributed by atoms with Gasteiger partial charge in [0, 0.05) is 18.5 Å². The smallest absolute Gasteiger partial charge is 0.376 e. The summed E-state index contributed by atoms with van der Waals surface area (Å²) in [6.45, 7) is 5.69. The molecule has 1 fully saturated rings. The van der Waals surface area contributed by atoms with Crippen LogP contribution in [0.5, 0.6) is 0 Å². The minimum Gasteiger partial charge on any atom is -0.376 e. The van der Waals surface area contributed by atoms with E-state index in [0.29, 0.717) is 0 Å². The van der Waals surface area contributed by atoms with E-state index in [1.54, 1.807) is 0 Å². The van der Waals surface area contributed by atoms with Crippen molar-refractivity contribution in [3.8, 4) is 0 Å². The van der Waals surface area contributed by atoms with Gasteiger partial charge < -0.3 is 13.3 Å². The maximum atomic E-state index is 5.66. The molecule has 1 aliphatic rings. The Kier molecular flexibility index (Phi) is 5.34. The molecule has 0 aliphatic carbocycles. The van der Waals surface area contributed by atoms with Crippen molar-refractivity contribution in [2.24, 2.45) is 0 Å². The SMILES string of the molecule is CCC(S)C(C)O[SiH]1OCCCO1. The van der Waals surface area contributed by atoms with Crippen molar-refractivity contribution < 1.29 is 13.3 Å². The maximum absolute atomic E-state index is 5.66. The van der Waals surface area contributed by atoms with Gasteiger partial charge in [-0.1, -0.05) is 6.92 Å². The fourth-order valence-electron chi connectivity index (χ4n) is 1.14. The standard InChI is InChI=1S/C8H18O3SSi/c1-3-8(12)7(2)11-13-9-5-4-6-10-13/h7-8,12-13H,3-6H2,1-2H3. The zero-order chi connectivity index (χ0) is 9.68. The van der Waals surface area contributed by atoms with E-state index in [9.17, 15) is 0 Å². The van der Waals surface area contributed by atoms with Crippen molar-refractivity contribution in [1.29, 1.82) is 0 Å². The van der Waals surface area contributed by atoms with Gasteiger partial charge in [-0.15, -0.1) is 0 Å². The molecule has 0 aromatic carbocycles. The van der Waals surface area contributed by atoms with Crippen LogP contribution in [0.1, 0.15) is 26.7 Å². The topological polar surface area (TPSA) is 27.7 Å². The normalized spacial score (nSPS) is 24.2. The monoisotopic (exact) mass is 222 g/mol. The Hall–Kier alpha value is 0.447. The molecule has 0 spiro atoms. The zero-order valence-corrected chi connectivity index (χ0v) is 10.3. The summed E-state index contributed by atoms with van der Waals surface area (Å²) in [5.74, 6) is 0. The van der Waals surface area contributed by atoms with Crippen LogP contribution in [0.2, 0.25) is 0 Å². The lowest BCUT2D eigenvalue weighted by Gasteiger charge is -2.26. The van der Waals surface area contributed by atoms with E-state index in [4.69, 9.17) is 13.3 Å². The summed E-state index contributed by atoms with van der Waals surface area (Å²) in [5.41, 5.74) is 0. The van der Waals surface area contributed by atoms with Crippen LogP contribution in [-0.4, -0.2) is 34.1 Å². The summed E-state index contributed by atoms with van der Waals surface area (Å²) >= 11 is 4.41. The van der Waals surface area contributed by atoms with E-state index in [1.165, 1.54) is 0 Å². The van der Waals surface area contributed by atoms with Gasteiger partial charge in [0.1, 0.15) is 0 Å². The van der Waals surface area contributed by atoms with E-state index >= 15 is 0 Å². The molecule has 1 aliphatic heterocycles. The van der Waals surface area contributed by atoms with Gasteiger partial charge in [0.15, 0.2) is 0 Å². The first-order valence-corrected chi connectivity index (χ1v) is 6.74. The Balaban J connectivity index is 2.21. The van der Waals surface area contributed by atoms with Crippen molar-refractivity contribution >= 4 is 22.2 Å². The lowest BCUT2D eigenvalue weighted by Crippen LogP contribution is -2.38. The van der Waals surface area contributed by atoms with Gasteiger partial charge in [0.25, 0.3) is 0 Å². The predicted octanol–water partition coefficient (Wildman–Crippen LogP) is 1.25. The minimum atomic E-state index is -1.80. The van der Waals surface area contributed by atoms with Gasteiger partial charge >= 0.3 is 9.53 Å². The third-order valence-electron chi connectivity index (χ3n) is 2.08.